The van der Waals surface area contributed by atoms with Crippen LogP contribution in [0.25, 0.3) is 0 Å². The van der Waals surface area contributed by atoms with E-state index in [4.69, 9.17) is 4.98 Å². The Bertz CT molecular complexity index is 460. The summed E-state index contributed by atoms with van der Waals surface area (Å²) in [5.74, 6) is 2.04. The lowest BCUT2D eigenvalue weighted by atomic mass is 10.2. The molecule has 0 aliphatic carbocycles. The summed E-state index contributed by atoms with van der Waals surface area (Å²) in [5, 5.41) is 0. The van der Waals surface area contributed by atoms with Gasteiger partial charge in [-0.25, -0.2) is 4.98 Å². The summed E-state index contributed by atoms with van der Waals surface area (Å²) in [7, 11) is 2.18. The van der Waals surface area contributed by atoms with Crippen LogP contribution in [0, 0.1) is 6.92 Å². The summed E-state index contributed by atoms with van der Waals surface area (Å²) >= 11 is 0. The third-order valence-electron chi connectivity index (χ3n) is 4.55. The molecule has 2 aliphatic heterocycles. The molecule has 0 saturated carbocycles. The van der Waals surface area contributed by atoms with Crippen LogP contribution >= 0.6 is 0 Å². The number of hydrogen-bond acceptors (Lipinski definition) is 5. The lowest BCUT2D eigenvalue weighted by Gasteiger charge is -2.33. The lowest BCUT2D eigenvalue weighted by Crippen LogP contribution is -2.45. The molecule has 0 bridgehead atoms. The second-order valence-electron chi connectivity index (χ2n) is 6.36. The van der Waals surface area contributed by atoms with Gasteiger partial charge in [-0.05, 0) is 26.8 Å². The third-order valence-corrected chi connectivity index (χ3v) is 4.55. The second-order valence-corrected chi connectivity index (χ2v) is 6.36. The minimum Gasteiger partial charge on any atom is -0.356 e. The van der Waals surface area contributed by atoms with E-state index in [1.54, 1.807) is 0 Å². The Morgan fingerprint density at radius 1 is 0.810 bits per heavy atom. The summed E-state index contributed by atoms with van der Waals surface area (Å²) in [6.45, 7) is 8.60. The number of rotatable bonds is 2. The zero-order chi connectivity index (χ0) is 14.7. The predicted molar refractivity (Wildman–Crippen MR) is 87.2 cm³/mol. The molecule has 0 aromatic carbocycles. The van der Waals surface area contributed by atoms with Crippen LogP contribution in [-0.2, 0) is 0 Å². The van der Waals surface area contributed by atoms with Crippen molar-refractivity contribution in [3.63, 3.8) is 0 Å². The first-order chi connectivity index (χ1) is 10.2. The molecule has 0 unspecified atom stereocenters. The Hall–Kier alpha value is -1.36. The van der Waals surface area contributed by atoms with E-state index in [0.29, 0.717) is 0 Å². The quantitative estimate of drug-likeness (QED) is 0.831. The normalized spacial score (nSPS) is 21.4. The molecule has 0 atom stereocenters. The Morgan fingerprint density at radius 2 is 1.48 bits per heavy atom. The Kier molecular flexibility index (Phi) is 4.58. The van der Waals surface area contributed by atoms with E-state index in [2.05, 4.69) is 39.7 Å². The number of hydrogen-bond donors (Lipinski definition) is 0. The first-order valence-corrected chi connectivity index (χ1v) is 8.26. The molecule has 116 valence electrons. The van der Waals surface area contributed by atoms with Crippen LogP contribution in [0.5, 0.6) is 0 Å². The van der Waals surface area contributed by atoms with Crippen molar-refractivity contribution in [1.82, 2.24) is 14.9 Å². The van der Waals surface area contributed by atoms with Crippen molar-refractivity contribution in [3.05, 3.63) is 11.8 Å². The van der Waals surface area contributed by atoms with Gasteiger partial charge in [0.05, 0.1) is 0 Å². The number of aryl methyl sites for hydroxylation is 1. The summed E-state index contributed by atoms with van der Waals surface area (Å²) < 4.78 is 0. The van der Waals surface area contributed by atoms with E-state index < -0.39 is 0 Å². The minimum absolute atomic E-state index is 0.919. The third kappa shape index (κ3) is 3.64. The van der Waals surface area contributed by atoms with Crippen molar-refractivity contribution in [3.8, 4) is 0 Å². The molecule has 0 amide bonds. The summed E-state index contributed by atoms with van der Waals surface area (Å²) in [4.78, 5) is 16.7. The first-order valence-electron chi connectivity index (χ1n) is 8.26. The summed E-state index contributed by atoms with van der Waals surface area (Å²) in [6.07, 6.45) is 5.28. The molecule has 2 fully saturated rings. The molecule has 0 spiro atoms. The predicted octanol–water partition coefficient (Wildman–Crippen LogP) is 1.92. The molecule has 1 aromatic heterocycles. The fraction of sp³-hybridized carbons (Fsp3) is 0.750. The van der Waals surface area contributed by atoms with Gasteiger partial charge in [-0.3, -0.25) is 0 Å². The van der Waals surface area contributed by atoms with Gasteiger partial charge in [0, 0.05) is 51.0 Å². The molecule has 2 saturated heterocycles. The van der Waals surface area contributed by atoms with Gasteiger partial charge >= 0.3 is 0 Å². The second kappa shape index (κ2) is 6.60. The van der Waals surface area contributed by atoms with Crippen molar-refractivity contribution in [2.75, 3.05) is 56.1 Å². The lowest BCUT2D eigenvalue weighted by molar-refractivity contribution is 0.311. The average molecular weight is 289 g/mol. The van der Waals surface area contributed by atoms with E-state index in [1.165, 1.54) is 25.7 Å². The first kappa shape index (κ1) is 14.6. The minimum atomic E-state index is 0.919. The van der Waals surface area contributed by atoms with E-state index in [0.717, 1.165) is 56.7 Å². The average Bonchev–Trinajstić information content (AvgIpc) is 2.76. The van der Waals surface area contributed by atoms with Crippen molar-refractivity contribution >= 4 is 11.8 Å². The Balaban J connectivity index is 1.78. The molecule has 0 radical (unpaired) electrons. The Morgan fingerprint density at radius 3 is 2.14 bits per heavy atom. The molecule has 0 N–H and O–H groups in total. The highest BCUT2D eigenvalue weighted by molar-refractivity contribution is 5.46. The fourth-order valence-electron chi connectivity index (χ4n) is 3.15. The van der Waals surface area contributed by atoms with Gasteiger partial charge in [-0.15, -0.1) is 0 Å². The highest BCUT2D eigenvalue weighted by Gasteiger charge is 2.19. The smallest absolute Gasteiger partial charge is 0.227 e. The molecular formula is C16H27N5. The molecule has 2 aliphatic rings. The van der Waals surface area contributed by atoms with Crippen molar-refractivity contribution in [2.24, 2.45) is 0 Å². The van der Waals surface area contributed by atoms with Crippen molar-refractivity contribution in [2.45, 2.75) is 32.6 Å². The van der Waals surface area contributed by atoms with Crippen LogP contribution in [0.4, 0.5) is 11.8 Å². The monoisotopic (exact) mass is 289 g/mol. The number of piperazine rings is 1. The molecular weight excluding hydrogens is 262 g/mol. The molecule has 5 heteroatoms. The number of aromatic nitrogens is 2. The van der Waals surface area contributed by atoms with Gasteiger partial charge in [0.1, 0.15) is 5.82 Å². The highest BCUT2D eigenvalue weighted by Crippen LogP contribution is 2.21. The topological polar surface area (TPSA) is 35.5 Å². The number of nitrogens with zero attached hydrogens (tertiary/aromatic N) is 5. The maximum absolute atomic E-state index is 4.87. The van der Waals surface area contributed by atoms with Crippen molar-refractivity contribution in [1.29, 1.82) is 0 Å². The van der Waals surface area contributed by atoms with Crippen LogP contribution in [0.15, 0.2) is 6.07 Å². The van der Waals surface area contributed by atoms with Gasteiger partial charge in [0.25, 0.3) is 0 Å². The van der Waals surface area contributed by atoms with Crippen LogP contribution in [0.1, 0.15) is 31.4 Å². The number of anilines is 2. The van der Waals surface area contributed by atoms with Crippen molar-refractivity contribution < 1.29 is 0 Å². The maximum atomic E-state index is 4.87. The van der Waals surface area contributed by atoms with Crippen LogP contribution in [-0.4, -0.2) is 61.2 Å². The summed E-state index contributed by atoms with van der Waals surface area (Å²) in [5.41, 5.74) is 1.08. The van der Waals surface area contributed by atoms with Crippen LogP contribution < -0.4 is 9.80 Å². The molecule has 3 heterocycles. The van der Waals surface area contributed by atoms with Gasteiger partial charge in [0.15, 0.2) is 0 Å². The largest absolute Gasteiger partial charge is 0.356 e. The number of likely N-dealkylation sites (N-methyl/N-ethyl adjacent to an activating group) is 1. The molecule has 3 rings (SSSR count). The molecule has 1 aromatic rings. The summed E-state index contributed by atoms with van der Waals surface area (Å²) in [6, 6.07) is 2.14. The van der Waals surface area contributed by atoms with E-state index in [-0.39, 0.29) is 0 Å². The van der Waals surface area contributed by atoms with Gasteiger partial charge < -0.3 is 14.7 Å². The van der Waals surface area contributed by atoms with E-state index in [1.807, 2.05) is 0 Å². The van der Waals surface area contributed by atoms with E-state index in [9.17, 15) is 0 Å². The Labute approximate surface area is 128 Å². The van der Waals surface area contributed by atoms with Crippen LogP contribution in [0.3, 0.4) is 0 Å². The fourth-order valence-corrected chi connectivity index (χ4v) is 3.15. The highest BCUT2D eigenvalue weighted by atomic mass is 15.3. The van der Waals surface area contributed by atoms with Gasteiger partial charge in [-0.2, -0.15) is 4.98 Å². The SMILES string of the molecule is Cc1cc(N2CCCCCC2)nc(N2CCN(C)CC2)n1. The van der Waals surface area contributed by atoms with Crippen LogP contribution in [0.2, 0.25) is 0 Å². The van der Waals surface area contributed by atoms with Gasteiger partial charge in [0.2, 0.25) is 5.95 Å². The molecule has 5 nitrogen and oxygen atoms in total. The van der Waals surface area contributed by atoms with Gasteiger partial charge in [-0.1, -0.05) is 12.8 Å². The standard InChI is InChI=1S/C16H27N5/c1-14-13-15(20-7-5-3-4-6-8-20)18-16(17-14)21-11-9-19(2)10-12-21/h13H,3-12H2,1-2H3. The van der Waals surface area contributed by atoms with E-state index >= 15 is 0 Å². The maximum Gasteiger partial charge on any atom is 0.227 e. The zero-order valence-electron chi connectivity index (χ0n) is 13.4. The zero-order valence-corrected chi connectivity index (χ0v) is 13.4. The molecule has 21 heavy (non-hydrogen) atoms.